The summed E-state index contributed by atoms with van der Waals surface area (Å²) >= 11 is 0. The van der Waals surface area contributed by atoms with Gasteiger partial charge < -0.3 is 14.8 Å². The van der Waals surface area contributed by atoms with E-state index in [9.17, 15) is 10.1 Å². The average Bonchev–Trinajstić information content (AvgIpc) is 3.00. The van der Waals surface area contributed by atoms with Gasteiger partial charge in [-0.05, 0) is 19.3 Å². The third kappa shape index (κ3) is 3.57. The Morgan fingerprint density at radius 2 is 2.33 bits per heavy atom. The summed E-state index contributed by atoms with van der Waals surface area (Å²) in [4.78, 5) is 19.2. The van der Waals surface area contributed by atoms with E-state index in [0.29, 0.717) is 19.0 Å². The molecule has 116 valence electrons. The normalized spacial score (nSPS) is 17.7. The Morgan fingerprint density at radius 1 is 1.52 bits per heavy atom. The van der Waals surface area contributed by atoms with Crippen molar-refractivity contribution < 1.29 is 14.4 Å². The lowest BCUT2D eigenvalue weighted by molar-refractivity contribution is -0.385. The molecule has 2 rings (SSSR count). The lowest BCUT2D eigenvalue weighted by atomic mass is 10.2. The highest BCUT2D eigenvalue weighted by Crippen LogP contribution is 2.35. The van der Waals surface area contributed by atoms with Crippen LogP contribution in [0.25, 0.3) is 0 Å². The lowest BCUT2D eigenvalue weighted by Gasteiger charge is -2.13. The number of rotatable bonds is 7. The second-order valence-corrected chi connectivity index (χ2v) is 4.83. The first-order valence-corrected chi connectivity index (χ1v) is 7.13. The number of unbranched alkanes of at least 4 members (excludes halogenated alkanes) is 1. The van der Waals surface area contributed by atoms with Gasteiger partial charge in [-0.1, -0.05) is 13.3 Å². The Kier molecular flexibility index (Phi) is 5.26. The van der Waals surface area contributed by atoms with Crippen LogP contribution < -0.4 is 10.1 Å². The highest BCUT2D eigenvalue weighted by atomic mass is 16.6. The number of ether oxygens (including phenoxy) is 2. The van der Waals surface area contributed by atoms with Crippen LogP contribution >= 0.6 is 0 Å². The number of nitrogens with one attached hydrogen (secondary N) is 1. The molecule has 1 aliphatic heterocycles. The van der Waals surface area contributed by atoms with Crippen molar-refractivity contribution in [1.29, 1.82) is 0 Å². The number of aromatic nitrogens is 2. The molecule has 21 heavy (non-hydrogen) atoms. The van der Waals surface area contributed by atoms with Crippen molar-refractivity contribution in [3.63, 3.8) is 0 Å². The Morgan fingerprint density at radius 3 is 2.90 bits per heavy atom. The molecular formula is C13H20N4O4. The number of nitro groups is 1. The zero-order valence-electron chi connectivity index (χ0n) is 12.3. The third-order valence-electron chi connectivity index (χ3n) is 3.29. The van der Waals surface area contributed by atoms with Gasteiger partial charge in [0.25, 0.3) is 5.88 Å². The van der Waals surface area contributed by atoms with Crippen LogP contribution in [-0.4, -0.2) is 35.2 Å². The molecule has 1 fully saturated rings. The number of methoxy groups -OCH3 is 1. The zero-order valence-corrected chi connectivity index (χ0v) is 12.3. The maximum atomic E-state index is 11.2. The van der Waals surface area contributed by atoms with E-state index in [-0.39, 0.29) is 23.5 Å². The summed E-state index contributed by atoms with van der Waals surface area (Å²) in [6.07, 6.45) is 3.42. The van der Waals surface area contributed by atoms with E-state index < -0.39 is 4.92 Å². The van der Waals surface area contributed by atoms with Gasteiger partial charge >= 0.3 is 5.69 Å². The first-order valence-electron chi connectivity index (χ1n) is 7.13. The van der Waals surface area contributed by atoms with Gasteiger partial charge in [-0.3, -0.25) is 10.1 Å². The first kappa shape index (κ1) is 15.4. The van der Waals surface area contributed by atoms with Gasteiger partial charge in [0.2, 0.25) is 5.82 Å². The van der Waals surface area contributed by atoms with Crippen molar-refractivity contribution in [2.24, 2.45) is 0 Å². The van der Waals surface area contributed by atoms with Crippen molar-refractivity contribution in [2.75, 3.05) is 25.6 Å². The summed E-state index contributed by atoms with van der Waals surface area (Å²) in [6, 6.07) is 0. The fourth-order valence-electron chi connectivity index (χ4n) is 2.19. The minimum absolute atomic E-state index is 0.0282. The molecule has 1 atom stereocenters. The second-order valence-electron chi connectivity index (χ2n) is 4.83. The summed E-state index contributed by atoms with van der Waals surface area (Å²) in [7, 11) is 1.37. The van der Waals surface area contributed by atoms with Gasteiger partial charge in [-0.25, -0.2) is 4.98 Å². The average molecular weight is 296 g/mol. The molecule has 8 heteroatoms. The second kappa shape index (κ2) is 7.16. The van der Waals surface area contributed by atoms with Crippen LogP contribution in [0.1, 0.15) is 44.5 Å². The van der Waals surface area contributed by atoms with Crippen molar-refractivity contribution in [1.82, 2.24) is 9.97 Å². The molecule has 0 amide bonds. The minimum atomic E-state index is -0.521. The van der Waals surface area contributed by atoms with Gasteiger partial charge in [0.15, 0.2) is 5.82 Å². The molecule has 1 aliphatic rings. The van der Waals surface area contributed by atoms with Gasteiger partial charge in [-0.15, -0.1) is 0 Å². The fourth-order valence-corrected chi connectivity index (χ4v) is 2.19. The van der Waals surface area contributed by atoms with E-state index in [4.69, 9.17) is 9.47 Å². The van der Waals surface area contributed by atoms with E-state index in [2.05, 4.69) is 22.2 Å². The molecule has 0 radical (unpaired) electrons. The quantitative estimate of drug-likeness (QED) is 0.468. The van der Waals surface area contributed by atoms with Crippen LogP contribution in [0.2, 0.25) is 0 Å². The smallest absolute Gasteiger partial charge is 0.372 e. The third-order valence-corrected chi connectivity index (χ3v) is 3.29. The van der Waals surface area contributed by atoms with Gasteiger partial charge in [0.1, 0.15) is 6.10 Å². The molecule has 1 unspecified atom stereocenters. The van der Waals surface area contributed by atoms with Crippen LogP contribution in [0, 0.1) is 10.1 Å². The van der Waals surface area contributed by atoms with E-state index in [0.717, 1.165) is 25.7 Å². The molecule has 1 aromatic rings. The summed E-state index contributed by atoms with van der Waals surface area (Å²) in [5, 5.41) is 14.2. The topological polar surface area (TPSA) is 99.4 Å². The number of hydrogen-bond donors (Lipinski definition) is 1. The summed E-state index contributed by atoms with van der Waals surface area (Å²) in [5.41, 5.74) is -0.227. The molecule has 0 aliphatic carbocycles. The van der Waals surface area contributed by atoms with Gasteiger partial charge in [0, 0.05) is 13.2 Å². The van der Waals surface area contributed by atoms with E-state index in [1.807, 2.05) is 0 Å². The Hall–Kier alpha value is -1.96. The molecule has 0 spiro atoms. The molecule has 1 aromatic heterocycles. The Bertz CT molecular complexity index is 503. The van der Waals surface area contributed by atoms with E-state index in [1.54, 1.807) is 0 Å². The molecule has 0 bridgehead atoms. The Balaban J connectivity index is 2.36. The summed E-state index contributed by atoms with van der Waals surface area (Å²) in [5.74, 6) is 0.610. The fraction of sp³-hybridized carbons (Fsp3) is 0.692. The van der Waals surface area contributed by atoms with Crippen molar-refractivity contribution in [2.45, 2.75) is 38.7 Å². The number of nitrogens with zero attached hydrogens (tertiary/aromatic N) is 3. The van der Waals surface area contributed by atoms with Crippen LogP contribution in [-0.2, 0) is 4.74 Å². The zero-order chi connectivity index (χ0) is 15.2. The largest absolute Gasteiger partial charge is 0.476 e. The van der Waals surface area contributed by atoms with Crippen molar-refractivity contribution >= 4 is 11.5 Å². The molecule has 0 aromatic carbocycles. The summed E-state index contributed by atoms with van der Waals surface area (Å²) in [6.45, 7) is 3.32. The SMILES string of the molecule is CCCCNc1nc(C2CCCO2)nc(OC)c1[N+](=O)[O-]. The monoisotopic (exact) mass is 296 g/mol. The van der Waals surface area contributed by atoms with Crippen LogP contribution in [0.15, 0.2) is 0 Å². The Labute approximate surface area is 123 Å². The minimum Gasteiger partial charge on any atom is -0.476 e. The van der Waals surface area contributed by atoms with Crippen molar-refractivity contribution in [3.05, 3.63) is 15.9 Å². The lowest BCUT2D eigenvalue weighted by Crippen LogP contribution is -2.12. The highest BCUT2D eigenvalue weighted by molar-refractivity contribution is 5.61. The molecule has 1 saturated heterocycles. The maximum absolute atomic E-state index is 11.2. The predicted molar refractivity (Wildman–Crippen MR) is 76.6 cm³/mol. The number of anilines is 1. The van der Waals surface area contributed by atoms with Crippen LogP contribution in [0.5, 0.6) is 5.88 Å². The van der Waals surface area contributed by atoms with Crippen LogP contribution in [0.3, 0.4) is 0 Å². The highest BCUT2D eigenvalue weighted by Gasteiger charge is 2.29. The molecule has 8 nitrogen and oxygen atoms in total. The molecule has 1 N–H and O–H groups in total. The van der Waals surface area contributed by atoms with E-state index in [1.165, 1.54) is 7.11 Å². The standard InChI is InChI=1S/C13H20N4O4/c1-3-4-7-14-12-10(17(18)19)13(20-2)16-11(15-12)9-6-5-8-21-9/h9H,3-8H2,1-2H3,(H,14,15,16). The molecule has 0 saturated carbocycles. The van der Waals surface area contributed by atoms with E-state index >= 15 is 0 Å². The van der Waals surface area contributed by atoms with Crippen molar-refractivity contribution in [3.8, 4) is 5.88 Å². The maximum Gasteiger partial charge on any atom is 0.372 e. The number of hydrogen-bond acceptors (Lipinski definition) is 7. The molecule has 2 heterocycles. The predicted octanol–water partition coefficient (Wildman–Crippen LogP) is 2.46. The van der Waals surface area contributed by atoms with Gasteiger partial charge in [0.05, 0.1) is 12.0 Å². The van der Waals surface area contributed by atoms with Gasteiger partial charge in [-0.2, -0.15) is 4.98 Å². The van der Waals surface area contributed by atoms with Crippen LogP contribution in [0.4, 0.5) is 11.5 Å². The first-order chi connectivity index (χ1) is 10.2. The molecular weight excluding hydrogens is 276 g/mol. The summed E-state index contributed by atoms with van der Waals surface area (Å²) < 4.78 is 10.6.